The summed E-state index contributed by atoms with van der Waals surface area (Å²) in [6, 6.07) is 22.2. The van der Waals surface area contributed by atoms with Crippen LogP contribution in [0.4, 0.5) is 10.1 Å². The number of amides is 2. The minimum atomic E-state index is -4.45. The molecule has 0 unspecified atom stereocenters. The van der Waals surface area contributed by atoms with Gasteiger partial charge >= 0.3 is 0 Å². The van der Waals surface area contributed by atoms with Gasteiger partial charge in [-0.3, -0.25) is 13.9 Å². The van der Waals surface area contributed by atoms with Crippen LogP contribution >= 0.6 is 23.2 Å². The summed E-state index contributed by atoms with van der Waals surface area (Å²) in [6.45, 7) is -0.215. The number of carbonyl (C=O) groups is 2. The third-order valence-electron chi connectivity index (χ3n) is 8.80. The number of fused-ring (bicyclic) bond motifs is 1. The highest BCUT2D eigenvalue weighted by atomic mass is 35.5. The zero-order valence-electron chi connectivity index (χ0n) is 27.1. The Kier molecular flexibility index (Phi) is 11.2. The molecule has 0 bridgehead atoms. The minimum Gasteiger partial charge on any atom is -0.486 e. The highest BCUT2D eigenvalue weighted by molar-refractivity contribution is 7.92. The monoisotopic (exact) mass is 739 g/mol. The van der Waals surface area contributed by atoms with Crippen molar-refractivity contribution in [3.63, 3.8) is 0 Å². The summed E-state index contributed by atoms with van der Waals surface area (Å²) in [7, 11) is -4.45. The number of nitrogens with one attached hydrogen (secondary N) is 1. The molecule has 1 aliphatic carbocycles. The smallest absolute Gasteiger partial charge is 0.264 e. The van der Waals surface area contributed by atoms with Crippen LogP contribution in [0.25, 0.3) is 0 Å². The number of nitrogens with zero attached hydrogens (tertiary/aromatic N) is 2. The zero-order chi connectivity index (χ0) is 35.3. The van der Waals surface area contributed by atoms with Crippen molar-refractivity contribution in [2.45, 2.75) is 55.6 Å². The number of sulfonamides is 1. The van der Waals surface area contributed by atoms with Crippen LogP contribution < -0.4 is 19.1 Å². The summed E-state index contributed by atoms with van der Waals surface area (Å²) in [5.74, 6) is -0.953. The van der Waals surface area contributed by atoms with Crippen LogP contribution in [0.3, 0.4) is 0 Å². The number of ether oxygens (including phenoxy) is 2. The Labute approximate surface area is 300 Å². The molecular weight excluding hydrogens is 704 g/mol. The van der Waals surface area contributed by atoms with Gasteiger partial charge in [0.2, 0.25) is 11.8 Å². The van der Waals surface area contributed by atoms with E-state index in [9.17, 15) is 22.4 Å². The molecular formula is C37H36Cl2FN3O6S. The predicted molar refractivity (Wildman–Crippen MR) is 190 cm³/mol. The largest absolute Gasteiger partial charge is 0.486 e. The van der Waals surface area contributed by atoms with Gasteiger partial charge in [-0.15, -0.1) is 0 Å². The van der Waals surface area contributed by atoms with Crippen molar-refractivity contribution >= 4 is 50.7 Å². The first-order valence-corrected chi connectivity index (χ1v) is 18.5. The lowest BCUT2D eigenvalue weighted by Gasteiger charge is -2.34. The van der Waals surface area contributed by atoms with Crippen LogP contribution in [0.1, 0.15) is 36.8 Å². The number of anilines is 1. The van der Waals surface area contributed by atoms with E-state index in [0.29, 0.717) is 22.9 Å². The molecule has 0 saturated heterocycles. The van der Waals surface area contributed by atoms with Gasteiger partial charge in [0.25, 0.3) is 10.0 Å². The lowest BCUT2D eigenvalue weighted by Crippen LogP contribution is -2.54. The molecule has 0 spiro atoms. The molecule has 1 aliphatic heterocycles. The van der Waals surface area contributed by atoms with Gasteiger partial charge in [-0.25, -0.2) is 12.8 Å². The van der Waals surface area contributed by atoms with Gasteiger partial charge < -0.3 is 19.7 Å². The van der Waals surface area contributed by atoms with Crippen LogP contribution in [-0.2, 0) is 32.6 Å². The summed E-state index contributed by atoms with van der Waals surface area (Å²) in [5, 5.41) is 3.72. The van der Waals surface area contributed by atoms with E-state index in [1.165, 1.54) is 35.2 Å². The Balaban J connectivity index is 1.41. The first kappa shape index (κ1) is 35.5. The van der Waals surface area contributed by atoms with E-state index in [1.807, 2.05) is 30.3 Å². The standard InChI is InChI=1S/C37H36Cl2FN3O6S/c38-31-16-10-26(20-32(31)39)23-42(33(21-25-6-2-1-3-7-25)37(45)41-28-8-4-5-9-28)36(44)24-43(29-13-11-27(40)12-14-29)50(46,47)30-15-17-34-35(22-30)49-19-18-48-34/h1-3,6-7,10-17,20,22,28,33H,4-5,8-9,18-19,21,23-24H2,(H,41,45)/t33-/m0/s1. The van der Waals surface area contributed by atoms with Gasteiger partial charge in [0.1, 0.15) is 31.6 Å². The molecule has 2 amide bonds. The highest BCUT2D eigenvalue weighted by Crippen LogP contribution is 2.35. The second-order valence-electron chi connectivity index (χ2n) is 12.3. The Morgan fingerprint density at radius 1 is 0.840 bits per heavy atom. The van der Waals surface area contributed by atoms with E-state index in [4.69, 9.17) is 32.7 Å². The quantitative estimate of drug-likeness (QED) is 0.172. The molecule has 9 nitrogen and oxygen atoms in total. The van der Waals surface area contributed by atoms with Crippen molar-refractivity contribution in [3.05, 3.63) is 118 Å². The fourth-order valence-electron chi connectivity index (χ4n) is 6.20. The molecule has 262 valence electrons. The summed E-state index contributed by atoms with van der Waals surface area (Å²) >= 11 is 12.6. The van der Waals surface area contributed by atoms with Crippen molar-refractivity contribution in [1.29, 1.82) is 0 Å². The number of rotatable bonds is 12. The molecule has 1 heterocycles. The van der Waals surface area contributed by atoms with Crippen LogP contribution in [0.5, 0.6) is 11.5 Å². The highest BCUT2D eigenvalue weighted by Gasteiger charge is 2.36. The molecule has 1 fully saturated rings. The topological polar surface area (TPSA) is 105 Å². The Morgan fingerprint density at radius 3 is 2.24 bits per heavy atom. The van der Waals surface area contributed by atoms with E-state index >= 15 is 0 Å². The van der Waals surface area contributed by atoms with Crippen LogP contribution in [0.15, 0.2) is 95.9 Å². The van der Waals surface area contributed by atoms with E-state index in [-0.39, 0.29) is 52.9 Å². The van der Waals surface area contributed by atoms with Gasteiger partial charge in [-0.1, -0.05) is 72.4 Å². The molecule has 0 radical (unpaired) electrons. The van der Waals surface area contributed by atoms with Crippen molar-refractivity contribution in [2.24, 2.45) is 0 Å². The second-order valence-corrected chi connectivity index (χ2v) is 14.9. The summed E-state index contributed by atoms with van der Waals surface area (Å²) in [4.78, 5) is 30.1. The SMILES string of the molecule is O=C(NC1CCCC1)[C@H](Cc1ccccc1)N(Cc1ccc(Cl)c(Cl)c1)C(=O)CN(c1ccc(F)cc1)S(=O)(=O)c1ccc2c(c1)OCCO2. The third kappa shape index (κ3) is 8.34. The summed E-state index contributed by atoms with van der Waals surface area (Å²) in [6.07, 6.45) is 3.81. The molecule has 1 atom stereocenters. The summed E-state index contributed by atoms with van der Waals surface area (Å²) in [5.41, 5.74) is 1.45. The average molecular weight is 741 g/mol. The molecule has 1 saturated carbocycles. The maximum Gasteiger partial charge on any atom is 0.264 e. The lowest BCUT2D eigenvalue weighted by atomic mass is 10.0. The first-order chi connectivity index (χ1) is 24.1. The molecule has 6 rings (SSSR count). The molecule has 4 aromatic rings. The third-order valence-corrected chi connectivity index (χ3v) is 11.3. The van der Waals surface area contributed by atoms with E-state index in [1.54, 1.807) is 18.2 Å². The number of hydrogen-bond acceptors (Lipinski definition) is 6. The first-order valence-electron chi connectivity index (χ1n) is 16.3. The number of halogens is 3. The average Bonchev–Trinajstić information content (AvgIpc) is 3.63. The van der Waals surface area contributed by atoms with Gasteiger partial charge in [0.05, 0.1) is 20.6 Å². The number of carbonyl (C=O) groups excluding carboxylic acids is 2. The van der Waals surface area contributed by atoms with E-state index < -0.39 is 34.3 Å². The Bertz CT molecular complexity index is 1940. The van der Waals surface area contributed by atoms with E-state index in [2.05, 4.69) is 5.32 Å². The normalized spacial score (nSPS) is 14.9. The van der Waals surface area contributed by atoms with Crippen molar-refractivity contribution in [3.8, 4) is 11.5 Å². The maximum absolute atomic E-state index is 14.7. The second kappa shape index (κ2) is 15.7. The molecule has 0 aromatic heterocycles. The summed E-state index contributed by atoms with van der Waals surface area (Å²) < 4.78 is 55.0. The van der Waals surface area contributed by atoms with Gasteiger partial charge in [0.15, 0.2) is 11.5 Å². The van der Waals surface area contributed by atoms with Crippen molar-refractivity contribution in [2.75, 3.05) is 24.1 Å². The van der Waals surface area contributed by atoms with E-state index in [0.717, 1.165) is 47.7 Å². The van der Waals surface area contributed by atoms with Gasteiger partial charge in [-0.05, 0) is 72.5 Å². The van der Waals surface area contributed by atoms with Gasteiger partial charge in [-0.2, -0.15) is 0 Å². The molecule has 13 heteroatoms. The zero-order valence-corrected chi connectivity index (χ0v) is 29.4. The molecule has 1 N–H and O–H groups in total. The van der Waals surface area contributed by atoms with Crippen LogP contribution in [0, 0.1) is 5.82 Å². The van der Waals surface area contributed by atoms with Crippen LogP contribution in [0.2, 0.25) is 10.0 Å². The fourth-order valence-corrected chi connectivity index (χ4v) is 7.95. The fraction of sp³-hybridized carbons (Fsp3) is 0.297. The molecule has 4 aromatic carbocycles. The van der Waals surface area contributed by atoms with Crippen LogP contribution in [-0.4, -0.2) is 57.0 Å². The lowest BCUT2D eigenvalue weighted by molar-refractivity contribution is -0.140. The predicted octanol–water partition coefficient (Wildman–Crippen LogP) is 6.80. The number of benzene rings is 4. The molecule has 2 aliphatic rings. The minimum absolute atomic E-state index is 0.0333. The number of hydrogen-bond donors (Lipinski definition) is 1. The van der Waals surface area contributed by atoms with Gasteiger partial charge in [0, 0.05) is 25.1 Å². The Hall–Kier alpha value is -4.32. The Morgan fingerprint density at radius 2 is 1.54 bits per heavy atom. The van der Waals surface area contributed by atoms with Crippen molar-refractivity contribution in [1.82, 2.24) is 10.2 Å². The maximum atomic E-state index is 14.7. The van der Waals surface area contributed by atoms with Crippen molar-refractivity contribution < 1.29 is 31.9 Å². The molecule has 50 heavy (non-hydrogen) atoms.